The van der Waals surface area contributed by atoms with E-state index in [1.165, 1.54) is 32.8 Å². The number of rotatable bonds is 4. The summed E-state index contributed by atoms with van der Waals surface area (Å²) in [5, 5.41) is 21.5. The maximum absolute atomic E-state index is 11.6. The van der Waals surface area contributed by atoms with Crippen LogP contribution in [0.1, 0.15) is 85.0 Å². The fraction of sp³-hybridized carbons (Fsp3) is 0.960. The van der Waals surface area contributed by atoms with Crippen LogP contribution in [0, 0.1) is 46.3 Å². The van der Waals surface area contributed by atoms with Gasteiger partial charge in [0.25, 0.3) is 0 Å². The Hall–Kier alpha value is -0.610. The lowest BCUT2D eigenvalue weighted by molar-refractivity contribution is -0.174. The number of esters is 1. The van der Waals surface area contributed by atoms with E-state index in [1.807, 2.05) is 0 Å². The summed E-state index contributed by atoms with van der Waals surface area (Å²) < 4.78 is 4.86. The largest absolute Gasteiger partial charge is 0.469 e. The van der Waals surface area contributed by atoms with E-state index in [2.05, 4.69) is 20.8 Å². The fourth-order valence-electron chi connectivity index (χ4n) is 8.82. The van der Waals surface area contributed by atoms with Crippen molar-refractivity contribution < 1.29 is 19.7 Å². The summed E-state index contributed by atoms with van der Waals surface area (Å²) in [5.74, 6) is 3.17. The minimum atomic E-state index is -0.211. The third-order valence-electron chi connectivity index (χ3n) is 10.4. The third kappa shape index (κ3) is 3.46. The summed E-state index contributed by atoms with van der Waals surface area (Å²) in [5.41, 5.74) is 0.577. The highest BCUT2D eigenvalue weighted by Gasteiger charge is 2.62. The average Bonchev–Trinajstić information content (AvgIpc) is 3.04. The lowest BCUT2D eigenvalue weighted by Crippen LogP contribution is -2.58. The Morgan fingerprint density at radius 2 is 1.72 bits per heavy atom. The molecule has 4 saturated carbocycles. The van der Waals surface area contributed by atoms with Crippen LogP contribution in [0.25, 0.3) is 0 Å². The number of fused-ring (bicyclic) bond motifs is 5. The van der Waals surface area contributed by atoms with Gasteiger partial charge in [0, 0.05) is 6.42 Å². The normalized spacial score (nSPS) is 50.2. The molecule has 4 heteroatoms. The molecule has 0 aromatic heterocycles. The molecular weight excluding hydrogens is 364 g/mol. The SMILES string of the molecule is COC(=O)CC[C@H](C)C1CCC2C3C(CC[C@@]21C)[C@@]1(C)CC[C@@H](O)C[C@H]1C[C@H]3O. The van der Waals surface area contributed by atoms with Crippen molar-refractivity contribution in [3.8, 4) is 0 Å². The first-order chi connectivity index (χ1) is 13.7. The van der Waals surface area contributed by atoms with Gasteiger partial charge in [0.15, 0.2) is 0 Å². The smallest absolute Gasteiger partial charge is 0.305 e. The zero-order valence-corrected chi connectivity index (χ0v) is 18.9. The van der Waals surface area contributed by atoms with Crippen molar-refractivity contribution in [2.75, 3.05) is 7.11 Å². The molecule has 0 aromatic carbocycles. The van der Waals surface area contributed by atoms with Crippen molar-refractivity contribution in [1.29, 1.82) is 0 Å². The number of aliphatic hydroxyl groups excluding tert-OH is 2. The Morgan fingerprint density at radius 3 is 2.45 bits per heavy atom. The zero-order valence-electron chi connectivity index (χ0n) is 18.9. The van der Waals surface area contributed by atoms with E-state index in [1.54, 1.807) is 0 Å². The molecule has 4 unspecified atom stereocenters. The Labute approximate surface area is 176 Å². The van der Waals surface area contributed by atoms with Gasteiger partial charge in [-0.3, -0.25) is 4.79 Å². The number of ether oxygens (including phenoxy) is 1. The van der Waals surface area contributed by atoms with Crippen LogP contribution in [0.4, 0.5) is 0 Å². The summed E-state index contributed by atoms with van der Waals surface area (Å²) in [6.07, 6.45) is 9.80. The van der Waals surface area contributed by atoms with Gasteiger partial charge in [0.1, 0.15) is 0 Å². The second kappa shape index (κ2) is 7.82. The first-order valence-electron chi connectivity index (χ1n) is 12.1. The van der Waals surface area contributed by atoms with Gasteiger partial charge in [-0.2, -0.15) is 0 Å². The van der Waals surface area contributed by atoms with Gasteiger partial charge in [0.2, 0.25) is 0 Å². The molecule has 166 valence electrons. The molecule has 29 heavy (non-hydrogen) atoms. The van der Waals surface area contributed by atoms with Gasteiger partial charge >= 0.3 is 5.97 Å². The van der Waals surface area contributed by atoms with E-state index in [0.717, 1.165) is 32.1 Å². The maximum atomic E-state index is 11.6. The van der Waals surface area contributed by atoms with E-state index in [9.17, 15) is 15.0 Å². The predicted molar refractivity (Wildman–Crippen MR) is 113 cm³/mol. The maximum Gasteiger partial charge on any atom is 0.305 e. The number of carbonyl (C=O) groups excluding carboxylic acids is 1. The number of hydrogen-bond donors (Lipinski definition) is 2. The molecule has 0 heterocycles. The van der Waals surface area contributed by atoms with Crippen molar-refractivity contribution in [3.63, 3.8) is 0 Å². The lowest BCUT2D eigenvalue weighted by atomic mass is 9.43. The molecule has 0 aromatic rings. The topological polar surface area (TPSA) is 66.8 Å². The zero-order chi connectivity index (χ0) is 21.0. The minimum Gasteiger partial charge on any atom is -0.469 e. The first-order valence-corrected chi connectivity index (χ1v) is 12.1. The van der Waals surface area contributed by atoms with Crippen molar-refractivity contribution in [2.45, 2.75) is 97.2 Å². The summed E-state index contributed by atoms with van der Waals surface area (Å²) in [6.45, 7) is 7.29. The molecule has 0 aliphatic heterocycles. The Bertz CT molecular complexity index is 620. The first kappa shape index (κ1) is 21.6. The molecule has 0 radical (unpaired) electrons. The van der Waals surface area contributed by atoms with Crippen LogP contribution in [0.2, 0.25) is 0 Å². The lowest BCUT2D eigenvalue weighted by Gasteiger charge is -2.62. The van der Waals surface area contributed by atoms with Gasteiger partial charge < -0.3 is 14.9 Å². The molecule has 4 nitrogen and oxygen atoms in total. The van der Waals surface area contributed by atoms with Crippen LogP contribution >= 0.6 is 0 Å². The van der Waals surface area contributed by atoms with Crippen LogP contribution < -0.4 is 0 Å². The van der Waals surface area contributed by atoms with E-state index < -0.39 is 0 Å². The van der Waals surface area contributed by atoms with E-state index >= 15 is 0 Å². The second-order valence-corrected chi connectivity index (χ2v) is 11.5. The van der Waals surface area contributed by atoms with Crippen molar-refractivity contribution in [2.24, 2.45) is 46.3 Å². The quantitative estimate of drug-likeness (QED) is 0.671. The predicted octanol–water partition coefficient (Wildman–Crippen LogP) is 4.57. The molecule has 2 N–H and O–H groups in total. The highest BCUT2D eigenvalue weighted by molar-refractivity contribution is 5.69. The van der Waals surface area contributed by atoms with Crippen molar-refractivity contribution in [1.82, 2.24) is 0 Å². The Kier molecular flexibility index (Phi) is 5.83. The Balaban J connectivity index is 1.53. The highest BCUT2D eigenvalue weighted by Crippen LogP contribution is 2.68. The summed E-state index contributed by atoms with van der Waals surface area (Å²) in [4.78, 5) is 11.6. The second-order valence-electron chi connectivity index (χ2n) is 11.5. The molecule has 4 rings (SSSR count). The molecule has 0 amide bonds. The summed E-state index contributed by atoms with van der Waals surface area (Å²) >= 11 is 0. The van der Waals surface area contributed by atoms with Crippen LogP contribution in [0.3, 0.4) is 0 Å². The van der Waals surface area contributed by atoms with Gasteiger partial charge in [-0.05, 0) is 104 Å². The molecule has 0 saturated heterocycles. The minimum absolute atomic E-state index is 0.0959. The van der Waals surface area contributed by atoms with Crippen LogP contribution in [-0.4, -0.2) is 35.5 Å². The fourth-order valence-corrected chi connectivity index (χ4v) is 8.82. The molecule has 10 atom stereocenters. The number of hydrogen-bond acceptors (Lipinski definition) is 4. The van der Waals surface area contributed by atoms with Crippen LogP contribution in [0.5, 0.6) is 0 Å². The standard InChI is InChI=1S/C25H42O4/c1-15(5-8-22(28)29-4)18-6-7-19-23-20(10-12-25(18,19)3)24(2)11-9-17(26)13-16(24)14-21(23)27/h15-21,23,26-27H,5-14H2,1-4H3/t15-,16-,17+,18?,19?,20?,21+,23?,24-,25+/m0/s1. The van der Waals surface area contributed by atoms with Gasteiger partial charge in [-0.25, -0.2) is 0 Å². The third-order valence-corrected chi connectivity index (χ3v) is 10.4. The van der Waals surface area contributed by atoms with Crippen molar-refractivity contribution in [3.05, 3.63) is 0 Å². The van der Waals surface area contributed by atoms with Crippen LogP contribution in [0.15, 0.2) is 0 Å². The van der Waals surface area contributed by atoms with Gasteiger partial charge in [-0.1, -0.05) is 20.8 Å². The number of aliphatic hydroxyl groups is 2. The average molecular weight is 407 g/mol. The monoisotopic (exact) mass is 406 g/mol. The Morgan fingerprint density at radius 1 is 1.03 bits per heavy atom. The molecule has 0 bridgehead atoms. The van der Waals surface area contributed by atoms with E-state index in [4.69, 9.17) is 4.74 Å². The molecule has 4 aliphatic rings. The number of methoxy groups -OCH3 is 1. The van der Waals surface area contributed by atoms with E-state index in [-0.39, 0.29) is 23.6 Å². The van der Waals surface area contributed by atoms with Gasteiger partial charge in [-0.15, -0.1) is 0 Å². The molecule has 4 fully saturated rings. The molecular formula is C25H42O4. The van der Waals surface area contributed by atoms with Crippen molar-refractivity contribution >= 4 is 5.97 Å². The van der Waals surface area contributed by atoms with Crippen LogP contribution in [-0.2, 0) is 9.53 Å². The number of carbonyl (C=O) groups is 1. The molecule has 0 spiro atoms. The summed E-state index contributed by atoms with van der Waals surface area (Å²) in [6, 6.07) is 0. The molecule has 4 aliphatic carbocycles. The van der Waals surface area contributed by atoms with E-state index in [0.29, 0.717) is 47.3 Å². The summed E-state index contributed by atoms with van der Waals surface area (Å²) in [7, 11) is 1.48. The highest BCUT2D eigenvalue weighted by atomic mass is 16.5. The van der Waals surface area contributed by atoms with Gasteiger partial charge in [0.05, 0.1) is 19.3 Å².